The fraction of sp³-hybridized carbons (Fsp3) is 0.684. The van der Waals surface area contributed by atoms with Crippen LogP contribution in [0.5, 0.6) is 0 Å². The third kappa shape index (κ3) is 3.29. The molecule has 0 spiro atoms. The van der Waals surface area contributed by atoms with E-state index in [0.717, 1.165) is 12.6 Å². The Morgan fingerprint density at radius 3 is 2.52 bits per heavy atom. The zero-order valence-electron chi connectivity index (χ0n) is 13.8. The molecule has 1 heterocycles. The number of nitrogens with zero attached hydrogens (tertiary/aromatic N) is 1. The number of hydrogen-bond donors (Lipinski definition) is 0. The van der Waals surface area contributed by atoms with E-state index < -0.39 is 0 Å². The summed E-state index contributed by atoms with van der Waals surface area (Å²) < 4.78 is 0. The Kier molecular flexibility index (Phi) is 3.86. The molecule has 2 bridgehead atoms. The molecule has 1 aromatic carbocycles. The van der Waals surface area contributed by atoms with Gasteiger partial charge in [-0.2, -0.15) is 0 Å². The molecule has 116 valence electrons. The fourth-order valence-electron chi connectivity index (χ4n) is 4.88. The van der Waals surface area contributed by atoms with Gasteiger partial charge in [0.25, 0.3) is 0 Å². The lowest BCUT2D eigenvalue weighted by molar-refractivity contribution is 0.127. The van der Waals surface area contributed by atoms with Gasteiger partial charge in [0, 0.05) is 19.1 Å². The third-order valence-electron chi connectivity index (χ3n) is 5.36. The third-order valence-corrected chi connectivity index (χ3v) is 5.75. The van der Waals surface area contributed by atoms with Crippen molar-refractivity contribution in [3.05, 3.63) is 35.4 Å². The van der Waals surface area contributed by atoms with Crippen molar-refractivity contribution in [3.8, 4) is 0 Å². The molecule has 1 saturated heterocycles. The number of likely N-dealkylation sites (tertiary alicyclic amines) is 1. The second-order valence-corrected chi connectivity index (χ2v) is 9.05. The van der Waals surface area contributed by atoms with E-state index in [1.54, 1.807) is 0 Å². The summed E-state index contributed by atoms with van der Waals surface area (Å²) in [7, 11) is 0. The summed E-state index contributed by atoms with van der Waals surface area (Å²) in [6.45, 7) is 11.7. The van der Waals surface area contributed by atoms with Crippen molar-refractivity contribution in [2.24, 2.45) is 10.8 Å². The van der Waals surface area contributed by atoms with Crippen LogP contribution < -0.4 is 0 Å². The van der Waals surface area contributed by atoms with Crippen LogP contribution in [0.1, 0.15) is 56.5 Å². The van der Waals surface area contributed by atoms with Crippen LogP contribution in [-0.4, -0.2) is 24.0 Å². The summed E-state index contributed by atoms with van der Waals surface area (Å²) in [5, 5.41) is 0.108. The molecule has 0 N–H and O–H groups in total. The molecule has 3 rings (SSSR count). The number of alkyl halides is 1. The molecular formula is C19H28ClN. The molecule has 2 heteroatoms. The maximum Gasteiger partial charge on any atom is 0.0712 e. The van der Waals surface area contributed by atoms with Gasteiger partial charge in [-0.3, -0.25) is 4.90 Å². The van der Waals surface area contributed by atoms with Crippen molar-refractivity contribution in [2.75, 3.05) is 13.1 Å². The number of aryl methyl sites for hydroxylation is 1. The van der Waals surface area contributed by atoms with Crippen LogP contribution in [0.4, 0.5) is 0 Å². The Balaban J connectivity index is 1.70. The van der Waals surface area contributed by atoms with E-state index in [9.17, 15) is 0 Å². The predicted molar refractivity (Wildman–Crippen MR) is 90.9 cm³/mol. The van der Waals surface area contributed by atoms with Gasteiger partial charge in [0.15, 0.2) is 0 Å². The number of fused-ring (bicyclic) bond motifs is 2. The minimum atomic E-state index is 0.108. The van der Waals surface area contributed by atoms with E-state index in [2.05, 4.69) is 56.9 Å². The molecule has 3 unspecified atom stereocenters. The maximum absolute atomic E-state index is 6.70. The second-order valence-electron chi connectivity index (χ2n) is 8.52. The van der Waals surface area contributed by atoms with E-state index in [1.165, 1.54) is 36.9 Å². The summed E-state index contributed by atoms with van der Waals surface area (Å²) in [4.78, 5) is 2.66. The van der Waals surface area contributed by atoms with Crippen LogP contribution in [0.15, 0.2) is 24.3 Å². The number of benzene rings is 1. The Morgan fingerprint density at radius 1 is 1.19 bits per heavy atom. The molecule has 1 nitrogen and oxygen atoms in total. The van der Waals surface area contributed by atoms with Gasteiger partial charge >= 0.3 is 0 Å². The van der Waals surface area contributed by atoms with E-state index in [4.69, 9.17) is 11.6 Å². The van der Waals surface area contributed by atoms with Gasteiger partial charge in [0.1, 0.15) is 0 Å². The molecule has 2 fully saturated rings. The minimum absolute atomic E-state index is 0.108. The number of rotatable bonds is 3. The van der Waals surface area contributed by atoms with Gasteiger partial charge in [-0.15, -0.1) is 11.6 Å². The summed E-state index contributed by atoms with van der Waals surface area (Å²) >= 11 is 6.70. The zero-order chi connectivity index (χ0) is 15.3. The molecular weight excluding hydrogens is 278 g/mol. The molecule has 0 radical (unpaired) electrons. The highest BCUT2D eigenvalue weighted by Crippen LogP contribution is 2.52. The van der Waals surface area contributed by atoms with Gasteiger partial charge < -0.3 is 0 Å². The van der Waals surface area contributed by atoms with Crippen LogP contribution in [0, 0.1) is 17.8 Å². The summed E-state index contributed by atoms with van der Waals surface area (Å²) in [5.41, 5.74) is 3.54. The van der Waals surface area contributed by atoms with Gasteiger partial charge in [-0.25, -0.2) is 0 Å². The number of hydrogen-bond acceptors (Lipinski definition) is 1. The monoisotopic (exact) mass is 305 g/mol. The first-order valence-electron chi connectivity index (χ1n) is 8.21. The highest BCUT2D eigenvalue weighted by molar-refractivity contribution is 6.21. The van der Waals surface area contributed by atoms with Crippen LogP contribution in [-0.2, 0) is 0 Å². The minimum Gasteiger partial charge on any atom is -0.298 e. The largest absolute Gasteiger partial charge is 0.298 e. The van der Waals surface area contributed by atoms with Gasteiger partial charge in [-0.1, -0.05) is 50.6 Å². The topological polar surface area (TPSA) is 3.24 Å². The van der Waals surface area contributed by atoms with Crippen molar-refractivity contribution in [2.45, 2.75) is 58.4 Å². The normalized spacial score (nSPS) is 33.1. The van der Waals surface area contributed by atoms with Gasteiger partial charge in [-0.05, 0) is 42.6 Å². The lowest BCUT2D eigenvalue weighted by Crippen LogP contribution is -2.35. The average Bonchev–Trinajstić information content (AvgIpc) is 2.58. The Labute approximate surface area is 134 Å². The van der Waals surface area contributed by atoms with Crippen molar-refractivity contribution in [3.63, 3.8) is 0 Å². The second kappa shape index (κ2) is 5.28. The molecule has 1 saturated carbocycles. The highest BCUT2D eigenvalue weighted by atomic mass is 35.5. The highest BCUT2D eigenvalue weighted by Gasteiger charge is 2.49. The summed E-state index contributed by atoms with van der Waals surface area (Å²) in [6, 6.07) is 9.42. The van der Waals surface area contributed by atoms with Crippen molar-refractivity contribution >= 4 is 11.6 Å². The first-order valence-corrected chi connectivity index (χ1v) is 8.65. The van der Waals surface area contributed by atoms with Crippen LogP contribution in [0.25, 0.3) is 0 Å². The van der Waals surface area contributed by atoms with Crippen LogP contribution in [0.2, 0.25) is 0 Å². The standard InChI is InChI=1S/C19H28ClN/c1-14-5-7-15(8-6-14)17(20)11-21-13-19(4)10-16(21)9-18(2,3)12-19/h5-8,16-17H,9-13H2,1-4H3. The van der Waals surface area contributed by atoms with Crippen LogP contribution in [0.3, 0.4) is 0 Å². The van der Waals surface area contributed by atoms with Crippen LogP contribution >= 0.6 is 11.6 Å². The van der Waals surface area contributed by atoms with E-state index in [-0.39, 0.29) is 5.38 Å². The molecule has 1 aliphatic carbocycles. The van der Waals surface area contributed by atoms with E-state index in [1.807, 2.05) is 0 Å². The SMILES string of the molecule is Cc1ccc(C(Cl)CN2CC3(C)CC2CC(C)(C)C3)cc1. The number of halogens is 1. The molecule has 1 aliphatic heterocycles. The molecule has 0 aromatic heterocycles. The van der Waals surface area contributed by atoms with Crippen molar-refractivity contribution in [1.82, 2.24) is 4.90 Å². The first-order chi connectivity index (χ1) is 9.76. The Morgan fingerprint density at radius 2 is 1.86 bits per heavy atom. The molecule has 3 atom stereocenters. The summed E-state index contributed by atoms with van der Waals surface area (Å²) in [5.74, 6) is 0. The average molecular weight is 306 g/mol. The Bertz CT molecular complexity index is 507. The lowest BCUT2D eigenvalue weighted by Gasteiger charge is -2.40. The predicted octanol–water partition coefficient (Wildman–Crippen LogP) is 5.18. The van der Waals surface area contributed by atoms with Gasteiger partial charge in [0.05, 0.1) is 5.38 Å². The summed E-state index contributed by atoms with van der Waals surface area (Å²) in [6.07, 6.45) is 4.03. The zero-order valence-corrected chi connectivity index (χ0v) is 14.6. The molecule has 2 aliphatic rings. The lowest BCUT2D eigenvalue weighted by atomic mass is 9.65. The fourth-order valence-corrected chi connectivity index (χ4v) is 5.20. The Hall–Kier alpha value is -0.530. The van der Waals surface area contributed by atoms with Gasteiger partial charge in [0.2, 0.25) is 0 Å². The van der Waals surface area contributed by atoms with Crippen molar-refractivity contribution in [1.29, 1.82) is 0 Å². The van der Waals surface area contributed by atoms with E-state index in [0.29, 0.717) is 10.8 Å². The molecule has 21 heavy (non-hydrogen) atoms. The maximum atomic E-state index is 6.70. The van der Waals surface area contributed by atoms with Crippen molar-refractivity contribution < 1.29 is 0 Å². The first kappa shape index (κ1) is 15.4. The molecule has 1 aromatic rings. The quantitative estimate of drug-likeness (QED) is 0.696. The van der Waals surface area contributed by atoms with E-state index >= 15 is 0 Å². The molecule has 0 amide bonds. The smallest absolute Gasteiger partial charge is 0.0712 e.